The molecule has 0 aliphatic carbocycles. The summed E-state index contributed by atoms with van der Waals surface area (Å²) >= 11 is 0. The Morgan fingerprint density at radius 2 is 1.78 bits per heavy atom. The molecule has 0 aliphatic heterocycles. The Hall–Kier alpha value is -3.39. The number of hydrogen-bond donors (Lipinski definition) is 3. The second-order valence-electron chi connectivity index (χ2n) is 5.83. The summed E-state index contributed by atoms with van der Waals surface area (Å²) in [6.45, 7) is 1.64. The van der Waals surface area contributed by atoms with E-state index in [4.69, 9.17) is 0 Å². The van der Waals surface area contributed by atoms with Crippen LogP contribution in [0.2, 0.25) is 0 Å². The Labute approximate surface area is 153 Å². The summed E-state index contributed by atoms with van der Waals surface area (Å²) in [7, 11) is 0. The first-order valence-electron chi connectivity index (χ1n) is 7.93. The van der Waals surface area contributed by atoms with E-state index in [0.717, 1.165) is 17.7 Å². The maximum absolute atomic E-state index is 14.0. The van der Waals surface area contributed by atoms with Crippen molar-refractivity contribution in [2.24, 2.45) is 0 Å². The molecule has 0 atom stereocenters. The Morgan fingerprint density at radius 3 is 2.37 bits per heavy atom. The van der Waals surface area contributed by atoms with Crippen molar-refractivity contribution in [1.82, 2.24) is 10.2 Å². The highest BCUT2D eigenvalue weighted by molar-refractivity contribution is 5.93. The fourth-order valence-electron chi connectivity index (χ4n) is 2.62. The molecule has 0 saturated heterocycles. The average Bonchev–Trinajstić information content (AvgIpc) is 2.63. The van der Waals surface area contributed by atoms with Crippen LogP contribution >= 0.6 is 0 Å². The van der Waals surface area contributed by atoms with Crippen molar-refractivity contribution < 1.29 is 23.8 Å². The van der Waals surface area contributed by atoms with Crippen LogP contribution in [0, 0.1) is 18.6 Å². The number of carbonyl (C=O) groups is 1. The lowest BCUT2D eigenvalue weighted by atomic mass is 10.1. The van der Waals surface area contributed by atoms with E-state index in [9.17, 15) is 23.8 Å². The molecule has 8 heteroatoms. The molecule has 0 amide bonds. The average molecular weight is 371 g/mol. The van der Waals surface area contributed by atoms with Crippen molar-refractivity contribution in [3.05, 3.63) is 70.9 Å². The SMILES string of the molecule is Cc1cc(CO)ccc1Nc1cc(-c2c(F)cccc2F)nnc1C(=O)O. The molecule has 0 aliphatic rings. The van der Waals surface area contributed by atoms with Crippen molar-refractivity contribution in [2.45, 2.75) is 13.5 Å². The molecule has 3 aromatic rings. The molecule has 27 heavy (non-hydrogen) atoms. The molecular formula is C19H15F2N3O3. The summed E-state index contributed by atoms with van der Waals surface area (Å²) in [6, 6.07) is 9.68. The molecule has 0 spiro atoms. The largest absolute Gasteiger partial charge is 0.476 e. The van der Waals surface area contributed by atoms with Crippen LogP contribution in [0.4, 0.5) is 20.2 Å². The number of benzene rings is 2. The Bertz CT molecular complexity index is 1000. The first-order chi connectivity index (χ1) is 12.9. The number of hydrogen-bond acceptors (Lipinski definition) is 5. The summed E-state index contributed by atoms with van der Waals surface area (Å²) in [6.07, 6.45) is 0. The second-order valence-corrected chi connectivity index (χ2v) is 5.83. The van der Waals surface area contributed by atoms with Crippen LogP contribution < -0.4 is 5.32 Å². The highest BCUT2D eigenvalue weighted by Gasteiger charge is 2.19. The van der Waals surface area contributed by atoms with Crippen molar-refractivity contribution in [2.75, 3.05) is 5.32 Å². The fraction of sp³-hybridized carbons (Fsp3) is 0.105. The summed E-state index contributed by atoms with van der Waals surface area (Å²) in [4.78, 5) is 11.5. The number of aliphatic hydroxyl groups is 1. The highest BCUT2D eigenvalue weighted by Crippen LogP contribution is 2.29. The summed E-state index contributed by atoms with van der Waals surface area (Å²) in [5, 5.41) is 28.7. The van der Waals surface area contributed by atoms with Gasteiger partial charge in [-0.2, -0.15) is 0 Å². The molecule has 0 radical (unpaired) electrons. The number of aromatic nitrogens is 2. The zero-order chi connectivity index (χ0) is 19.6. The van der Waals surface area contributed by atoms with Gasteiger partial charge in [-0.05, 0) is 42.3 Å². The Balaban J connectivity index is 2.09. The topological polar surface area (TPSA) is 95.3 Å². The van der Waals surface area contributed by atoms with Crippen LogP contribution in [0.25, 0.3) is 11.3 Å². The minimum Gasteiger partial charge on any atom is -0.476 e. The van der Waals surface area contributed by atoms with Crippen LogP contribution in [0.3, 0.4) is 0 Å². The summed E-state index contributed by atoms with van der Waals surface area (Å²) in [5.74, 6) is -3.00. The van der Waals surface area contributed by atoms with Crippen LogP contribution in [0.1, 0.15) is 21.6 Å². The van der Waals surface area contributed by atoms with E-state index in [0.29, 0.717) is 11.3 Å². The number of nitrogens with zero attached hydrogens (tertiary/aromatic N) is 2. The number of carboxylic acids is 1. The van der Waals surface area contributed by atoms with Gasteiger partial charge in [-0.15, -0.1) is 10.2 Å². The summed E-state index contributed by atoms with van der Waals surface area (Å²) in [5.41, 5.74) is 1.12. The smallest absolute Gasteiger partial charge is 0.358 e. The molecule has 6 nitrogen and oxygen atoms in total. The maximum Gasteiger partial charge on any atom is 0.358 e. The number of aryl methyl sites for hydroxylation is 1. The van der Waals surface area contributed by atoms with Gasteiger partial charge >= 0.3 is 5.97 Å². The van der Waals surface area contributed by atoms with E-state index in [1.807, 2.05) is 0 Å². The van der Waals surface area contributed by atoms with Crippen LogP contribution in [0.5, 0.6) is 0 Å². The molecular weight excluding hydrogens is 356 g/mol. The minimum absolute atomic E-state index is 0.0370. The third-order valence-electron chi connectivity index (χ3n) is 3.96. The van der Waals surface area contributed by atoms with Gasteiger partial charge in [0.05, 0.1) is 17.9 Å². The number of rotatable bonds is 5. The lowest BCUT2D eigenvalue weighted by molar-refractivity contribution is 0.0690. The Kier molecular flexibility index (Phi) is 5.09. The van der Waals surface area contributed by atoms with Gasteiger partial charge in [-0.1, -0.05) is 18.2 Å². The van der Waals surface area contributed by atoms with Crippen molar-refractivity contribution in [3.63, 3.8) is 0 Å². The van der Waals surface area contributed by atoms with Gasteiger partial charge in [0.25, 0.3) is 0 Å². The Morgan fingerprint density at radius 1 is 1.07 bits per heavy atom. The third-order valence-corrected chi connectivity index (χ3v) is 3.96. The standard InChI is InChI=1S/C19H15F2N3O3/c1-10-7-11(9-25)5-6-14(10)22-16-8-15(23-24-18(16)19(26)27)17-12(20)3-2-4-13(17)21/h2-8,25H,9H2,1H3,(H,22,23)(H,26,27). The van der Waals surface area contributed by atoms with E-state index < -0.39 is 23.2 Å². The van der Waals surface area contributed by atoms with Gasteiger partial charge in [-0.3, -0.25) is 0 Å². The first-order valence-corrected chi connectivity index (χ1v) is 7.93. The van der Waals surface area contributed by atoms with E-state index in [1.165, 1.54) is 12.1 Å². The van der Waals surface area contributed by atoms with Gasteiger partial charge in [-0.25, -0.2) is 13.6 Å². The van der Waals surface area contributed by atoms with E-state index in [2.05, 4.69) is 15.5 Å². The van der Waals surface area contributed by atoms with Crippen LogP contribution in [-0.2, 0) is 6.61 Å². The van der Waals surface area contributed by atoms with E-state index in [1.54, 1.807) is 25.1 Å². The van der Waals surface area contributed by atoms with Gasteiger partial charge in [0.15, 0.2) is 5.69 Å². The molecule has 1 heterocycles. The monoisotopic (exact) mass is 371 g/mol. The third kappa shape index (κ3) is 3.75. The number of aliphatic hydroxyl groups excluding tert-OH is 1. The number of nitrogens with one attached hydrogen (secondary N) is 1. The lowest BCUT2D eigenvalue weighted by Gasteiger charge is -2.13. The predicted octanol–water partition coefficient (Wildman–Crippen LogP) is 3.66. The van der Waals surface area contributed by atoms with Gasteiger partial charge < -0.3 is 15.5 Å². The van der Waals surface area contributed by atoms with Gasteiger partial charge in [0, 0.05) is 5.69 Å². The molecule has 138 valence electrons. The zero-order valence-electron chi connectivity index (χ0n) is 14.2. The maximum atomic E-state index is 14.0. The van der Waals surface area contributed by atoms with Gasteiger partial charge in [0.2, 0.25) is 0 Å². The number of carboxylic acid groups (broad SMARTS) is 1. The van der Waals surface area contributed by atoms with Crippen molar-refractivity contribution >= 4 is 17.3 Å². The molecule has 1 aromatic heterocycles. The number of anilines is 2. The van der Waals surface area contributed by atoms with Crippen LogP contribution in [0.15, 0.2) is 42.5 Å². The number of halogens is 2. The highest BCUT2D eigenvalue weighted by atomic mass is 19.1. The first kappa shape index (κ1) is 18.4. The molecule has 0 bridgehead atoms. The van der Waals surface area contributed by atoms with Crippen molar-refractivity contribution in [1.29, 1.82) is 0 Å². The fourth-order valence-corrected chi connectivity index (χ4v) is 2.62. The van der Waals surface area contributed by atoms with Crippen LogP contribution in [-0.4, -0.2) is 26.4 Å². The quantitative estimate of drug-likeness (QED) is 0.633. The molecule has 0 saturated carbocycles. The molecule has 0 fully saturated rings. The summed E-state index contributed by atoms with van der Waals surface area (Å²) < 4.78 is 28.1. The van der Waals surface area contributed by atoms with Gasteiger partial charge in [0.1, 0.15) is 17.3 Å². The zero-order valence-corrected chi connectivity index (χ0v) is 14.2. The van der Waals surface area contributed by atoms with E-state index in [-0.39, 0.29) is 23.7 Å². The molecule has 2 aromatic carbocycles. The predicted molar refractivity (Wildman–Crippen MR) is 94.7 cm³/mol. The lowest BCUT2D eigenvalue weighted by Crippen LogP contribution is -2.09. The minimum atomic E-state index is -1.34. The van der Waals surface area contributed by atoms with E-state index >= 15 is 0 Å². The molecule has 3 N–H and O–H groups in total. The molecule has 0 unspecified atom stereocenters. The van der Waals surface area contributed by atoms with Crippen molar-refractivity contribution in [3.8, 4) is 11.3 Å². The normalized spacial score (nSPS) is 10.7. The number of aromatic carboxylic acids is 1. The molecule has 3 rings (SSSR count). The second kappa shape index (κ2) is 7.46.